The van der Waals surface area contributed by atoms with E-state index in [2.05, 4.69) is 26.7 Å². The summed E-state index contributed by atoms with van der Waals surface area (Å²) >= 11 is 0. The van der Waals surface area contributed by atoms with Gasteiger partial charge in [-0.05, 0) is 44.3 Å². The van der Waals surface area contributed by atoms with E-state index in [-0.39, 0.29) is 11.3 Å². The Kier molecular flexibility index (Phi) is 6.68. The molecule has 7 nitrogen and oxygen atoms in total. The zero-order valence-electron chi connectivity index (χ0n) is 15.3. The van der Waals surface area contributed by atoms with Gasteiger partial charge in [0.2, 0.25) is 10.0 Å². The molecule has 0 atom stereocenters. The Morgan fingerprint density at radius 3 is 2.68 bits per heavy atom. The molecule has 3 N–H and O–H groups in total. The average Bonchev–Trinajstić information content (AvgIpc) is 3.07. The van der Waals surface area contributed by atoms with Crippen molar-refractivity contribution < 1.29 is 22.0 Å². The van der Waals surface area contributed by atoms with Crippen molar-refractivity contribution in [2.75, 3.05) is 15.8 Å². The quantitative estimate of drug-likeness (QED) is 0.455. The Morgan fingerprint density at radius 1 is 1.32 bits per heavy atom. The van der Waals surface area contributed by atoms with E-state index in [4.69, 9.17) is 0 Å². The average molecular weight is 410 g/mol. The first-order valence-corrected chi connectivity index (χ1v) is 9.96. The van der Waals surface area contributed by atoms with E-state index < -0.39 is 38.9 Å². The summed E-state index contributed by atoms with van der Waals surface area (Å²) in [7, 11) is -3.78. The third-order valence-corrected chi connectivity index (χ3v) is 5.19. The number of halogens is 2. The minimum atomic E-state index is -3.78. The second-order valence-electron chi connectivity index (χ2n) is 5.93. The van der Waals surface area contributed by atoms with Gasteiger partial charge >= 0.3 is 0 Å². The van der Waals surface area contributed by atoms with Crippen molar-refractivity contribution >= 4 is 45.9 Å². The van der Waals surface area contributed by atoms with Crippen LogP contribution in [-0.2, 0) is 14.8 Å². The van der Waals surface area contributed by atoms with Crippen LogP contribution in [0.1, 0.15) is 25.8 Å². The minimum absolute atomic E-state index is 0.153. The summed E-state index contributed by atoms with van der Waals surface area (Å²) in [4.78, 5) is 18.9. The monoisotopic (exact) mass is 410 g/mol. The van der Waals surface area contributed by atoms with Gasteiger partial charge in [-0.25, -0.2) is 22.2 Å². The lowest BCUT2D eigenvalue weighted by atomic mass is 10.1. The number of rotatable bonds is 8. The van der Waals surface area contributed by atoms with Crippen LogP contribution in [0.4, 0.5) is 26.0 Å². The maximum Gasteiger partial charge on any atom is 0.251 e. The highest BCUT2D eigenvalue weighted by Gasteiger charge is 2.20. The molecule has 28 heavy (non-hydrogen) atoms. The largest absolute Gasteiger partial charge is 0.346 e. The van der Waals surface area contributed by atoms with Crippen LogP contribution in [0.3, 0.4) is 0 Å². The summed E-state index contributed by atoms with van der Waals surface area (Å²) in [5.74, 6) is -2.79. The molecular formula is C18H20F2N4O3S. The highest BCUT2D eigenvalue weighted by molar-refractivity contribution is 7.92. The van der Waals surface area contributed by atoms with Crippen LogP contribution in [0.15, 0.2) is 35.0 Å². The molecular weight excluding hydrogens is 390 g/mol. The van der Waals surface area contributed by atoms with Crippen LogP contribution in [0, 0.1) is 11.6 Å². The van der Waals surface area contributed by atoms with Crippen LogP contribution < -0.4 is 10.0 Å². The molecule has 150 valence electrons. The number of sulfonamides is 1. The van der Waals surface area contributed by atoms with Crippen molar-refractivity contribution in [3.05, 3.63) is 47.2 Å². The predicted octanol–water partition coefficient (Wildman–Crippen LogP) is 3.82. The van der Waals surface area contributed by atoms with Gasteiger partial charge in [-0.3, -0.25) is 9.52 Å². The number of nitrogens with zero attached hydrogens (tertiary/aromatic N) is 1. The number of hydrogen-bond acceptors (Lipinski definition) is 4. The summed E-state index contributed by atoms with van der Waals surface area (Å²) in [5.41, 5.74) is -0.467. The molecule has 1 aromatic carbocycles. The van der Waals surface area contributed by atoms with Crippen molar-refractivity contribution in [3.63, 3.8) is 0 Å². The molecule has 0 radical (unpaired) electrons. The van der Waals surface area contributed by atoms with Crippen LogP contribution in [0.5, 0.6) is 0 Å². The number of aliphatic imine (C=N–C) groups is 1. The highest BCUT2D eigenvalue weighted by atomic mass is 32.2. The first kappa shape index (κ1) is 21.3. The summed E-state index contributed by atoms with van der Waals surface area (Å²) < 4.78 is 54.4. The number of aromatic nitrogens is 1. The maximum absolute atomic E-state index is 14.6. The van der Waals surface area contributed by atoms with E-state index in [9.17, 15) is 22.0 Å². The molecule has 0 aliphatic heterocycles. The SMILES string of the molecule is C=Nc1[nH]ccc1/C=C(\C)C(=O)Nc1c(F)ccc(NS(=O)(=O)CCC)c1F. The lowest BCUT2D eigenvalue weighted by molar-refractivity contribution is -0.112. The zero-order valence-corrected chi connectivity index (χ0v) is 16.2. The molecule has 10 heteroatoms. The second-order valence-corrected chi connectivity index (χ2v) is 7.77. The summed E-state index contributed by atoms with van der Waals surface area (Å²) in [6, 6.07) is 3.48. The van der Waals surface area contributed by atoms with Gasteiger partial charge in [-0.1, -0.05) is 6.92 Å². The van der Waals surface area contributed by atoms with E-state index in [1.165, 1.54) is 13.0 Å². The maximum atomic E-state index is 14.6. The van der Waals surface area contributed by atoms with Crippen LogP contribution in [-0.4, -0.2) is 31.8 Å². The van der Waals surface area contributed by atoms with Crippen molar-refractivity contribution in [1.82, 2.24) is 4.98 Å². The molecule has 0 saturated carbocycles. The van der Waals surface area contributed by atoms with Gasteiger partial charge in [0, 0.05) is 17.3 Å². The van der Waals surface area contributed by atoms with Crippen molar-refractivity contribution in [2.45, 2.75) is 20.3 Å². The van der Waals surface area contributed by atoms with E-state index in [0.29, 0.717) is 17.8 Å². The van der Waals surface area contributed by atoms with E-state index in [0.717, 1.165) is 12.1 Å². The third-order valence-electron chi connectivity index (χ3n) is 3.71. The molecule has 0 saturated heterocycles. The molecule has 2 rings (SSSR count). The highest BCUT2D eigenvalue weighted by Crippen LogP contribution is 2.27. The molecule has 2 aromatic rings. The normalized spacial score (nSPS) is 11.9. The van der Waals surface area contributed by atoms with E-state index in [1.807, 2.05) is 0 Å². The number of benzene rings is 1. The number of aromatic amines is 1. The van der Waals surface area contributed by atoms with Gasteiger partial charge in [-0.15, -0.1) is 0 Å². The fourth-order valence-corrected chi connectivity index (χ4v) is 3.50. The van der Waals surface area contributed by atoms with Gasteiger partial charge in [0.15, 0.2) is 5.82 Å². The molecule has 1 aromatic heterocycles. The van der Waals surface area contributed by atoms with Gasteiger partial charge in [0.05, 0.1) is 11.4 Å². The smallest absolute Gasteiger partial charge is 0.251 e. The second kappa shape index (κ2) is 8.79. The van der Waals surface area contributed by atoms with Crippen molar-refractivity contribution in [1.29, 1.82) is 0 Å². The fourth-order valence-electron chi connectivity index (χ4n) is 2.37. The number of anilines is 2. The Bertz CT molecular complexity index is 1030. The van der Waals surface area contributed by atoms with E-state index >= 15 is 0 Å². The molecule has 0 spiro atoms. The fraction of sp³-hybridized carbons (Fsp3) is 0.222. The summed E-state index contributed by atoms with van der Waals surface area (Å²) in [6.07, 6.45) is 3.40. The molecule has 0 unspecified atom stereocenters. The molecule has 0 aliphatic rings. The number of nitrogens with one attached hydrogen (secondary N) is 3. The first-order chi connectivity index (χ1) is 13.2. The van der Waals surface area contributed by atoms with Gasteiger partial charge in [0.1, 0.15) is 17.3 Å². The predicted molar refractivity (Wildman–Crippen MR) is 106 cm³/mol. The number of carbonyl (C=O) groups excluding carboxylic acids is 1. The molecule has 0 fully saturated rings. The first-order valence-electron chi connectivity index (χ1n) is 8.30. The minimum Gasteiger partial charge on any atom is -0.346 e. The zero-order chi connectivity index (χ0) is 20.9. The topological polar surface area (TPSA) is 103 Å². The molecule has 1 heterocycles. The lowest BCUT2D eigenvalue weighted by Crippen LogP contribution is -2.19. The summed E-state index contributed by atoms with van der Waals surface area (Å²) in [5, 5.41) is 2.14. The third kappa shape index (κ3) is 5.03. The Morgan fingerprint density at radius 2 is 2.04 bits per heavy atom. The Labute approximate surface area is 161 Å². The van der Waals surface area contributed by atoms with Crippen LogP contribution in [0.25, 0.3) is 6.08 Å². The molecule has 0 aliphatic carbocycles. The van der Waals surface area contributed by atoms with Gasteiger partial charge in [-0.2, -0.15) is 0 Å². The standard InChI is InChI=1S/C18H20F2N4O3S/c1-4-9-28(26,27)24-14-6-5-13(19)16(15(14)20)23-18(25)11(2)10-12-7-8-22-17(12)21-3/h5-8,10,22,24H,3-4,9H2,1-2H3,(H,23,25)/b11-10+. The van der Waals surface area contributed by atoms with Crippen LogP contribution >= 0.6 is 0 Å². The van der Waals surface area contributed by atoms with E-state index in [1.54, 1.807) is 19.2 Å². The summed E-state index contributed by atoms with van der Waals surface area (Å²) in [6.45, 7) is 6.50. The van der Waals surface area contributed by atoms with Crippen LogP contribution in [0.2, 0.25) is 0 Å². The van der Waals surface area contributed by atoms with Gasteiger partial charge in [0.25, 0.3) is 5.91 Å². The van der Waals surface area contributed by atoms with Crippen molar-refractivity contribution in [2.24, 2.45) is 4.99 Å². The molecule has 1 amide bonds. The number of amides is 1. The van der Waals surface area contributed by atoms with Gasteiger partial charge < -0.3 is 10.3 Å². The van der Waals surface area contributed by atoms with Crippen molar-refractivity contribution in [3.8, 4) is 0 Å². The Hall–Kier alpha value is -3.01. The number of H-pyrrole nitrogens is 1. The Balaban J connectivity index is 2.29. The number of hydrogen-bond donors (Lipinski definition) is 3. The lowest BCUT2D eigenvalue weighted by Gasteiger charge is -2.13. The number of carbonyl (C=O) groups is 1. The molecule has 0 bridgehead atoms.